The number of benzene rings is 4. The van der Waals surface area contributed by atoms with Crippen molar-refractivity contribution in [2.45, 2.75) is 6.92 Å². The zero-order valence-electron chi connectivity index (χ0n) is 20.4. The van der Waals surface area contributed by atoms with E-state index >= 15 is 0 Å². The van der Waals surface area contributed by atoms with Crippen LogP contribution < -0.4 is 10.3 Å². The monoisotopic (exact) mass is 582 g/mol. The Kier molecular flexibility index (Phi) is 7.11. The van der Waals surface area contributed by atoms with Gasteiger partial charge in [-0.25, -0.2) is 9.78 Å². The van der Waals surface area contributed by atoms with Gasteiger partial charge >= 0.3 is 5.97 Å². The second-order valence-corrected chi connectivity index (χ2v) is 9.47. The van der Waals surface area contributed by atoms with Gasteiger partial charge in [-0.15, -0.1) is 0 Å². The summed E-state index contributed by atoms with van der Waals surface area (Å²) in [5.74, 6) is -0.158. The van der Waals surface area contributed by atoms with Crippen molar-refractivity contribution < 1.29 is 14.5 Å². The third-order valence-corrected chi connectivity index (χ3v) is 6.32. The molecule has 39 heavy (non-hydrogen) atoms. The predicted octanol–water partition coefficient (Wildman–Crippen LogP) is 6.14. The van der Waals surface area contributed by atoms with Gasteiger partial charge in [-0.2, -0.15) is 9.78 Å². The molecule has 0 aliphatic rings. The van der Waals surface area contributed by atoms with E-state index in [1.807, 2.05) is 37.3 Å². The number of carbonyl (C=O) groups excluding carboxylic acids is 1. The van der Waals surface area contributed by atoms with E-state index in [1.54, 1.807) is 36.4 Å². The van der Waals surface area contributed by atoms with Gasteiger partial charge in [-0.3, -0.25) is 14.9 Å². The highest BCUT2D eigenvalue weighted by Gasteiger charge is 2.15. The summed E-state index contributed by atoms with van der Waals surface area (Å²) in [6.45, 7) is 1.95. The number of aromatic nitrogens is 2. The van der Waals surface area contributed by atoms with E-state index in [0.29, 0.717) is 32.3 Å². The van der Waals surface area contributed by atoms with Crippen molar-refractivity contribution in [2.75, 3.05) is 0 Å². The standard InChI is InChI=1S/C29H19BrN4O5/c1-18-5-4-6-20(15-18)27-32-25-8-3-2-7-24(25)28(35)33(27)31-17-21-16-22(30)11-14-26(21)39-29(36)19-9-12-23(13-10-19)34(37)38/h2-17H,1H3. The number of ether oxygens (including phenoxy) is 1. The molecule has 0 atom stereocenters. The summed E-state index contributed by atoms with van der Waals surface area (Å²) in [4.78, 5) is 41.3. The third-order valence-electron chi connectivity index (χ3n) is 5.83. The number of fused-ring (bicyclic) bond motifs is 1. The lowest BCUT2D eigenvalue weighted by molar-refractivity contribution is -0.384. The minimum absolute atomic E-state index is 0.137. The molecule has 1 aromatic heterocycles. The molecule has 9 nitrogen and oxygen atoms in total. The lowest BCUT2D eigenvalue weighted by atomic mass is 10.1. The molecule has 192 valence electrons. The second-order valence-electron chi connectivity index (χ2n) is 8.56. The zero-order chi connectivity index (χ0) is 27.5. The first-order valence-electron chi connectivity index (χ1n) is 11.7. The first-order valence-corrected chi connectivity index (χ1v) is 12.5. The van der Waals surface area contributed by atoms with E-state index in [4.69, 9.17) is 9.72 Å². The van der Waals surface area contributed by atoms with Crippen LogP contribution in [0.4, 0.5) is 5.69 Å². The molecule has 0 saturated heterocycles. The highest BCUT2D eigenvalue weighted by atomic mass is 79.9. The average Bonchev–Trinajstić information content (AvgIpc) is 2.93. The van der Waals surface area contributed by atoms with Crippen LogP contribution in [0.25, 0.3) is 22.3 Å². The molecule has 0 aliphatic heterocycles. The Morgan fingerprint density at radius 1 is 1.03 bits per heavy atom. The molecule has 5 rings (SSSR count). The molecule has 10 heteroatoms. The number of hydrogen-bond acceptors (Lipinski definition) is 7. The Bertz CT molecular complexity index is 1830. The van der Waals surface area contributed by atoms with Crippen molar-refractivity contribution in [3.8, 4) is 17.1 Å². The molecule has 5 aromatic rings. The van der Waals surface area contributed by atoms with Gasteiger partial charge in [0.2, 0.25) is 0 Å². The van der Waals surface area contributed by atoms with Crippen LogP contribution in [-0.2, 0) is 0 Å². The Labute approximate surface area is 230 Å². The summed E-state index contributed by atoms with van der Waals surface area (Å²) < 4.78 is 7.50. The Hall–Kier alpha value is -4.96. The Morgan fingerprint density at radius 2 is 1.79 bits per heavy atom. The molecular formula is C29H19BrN4O5. The molecule has 0 radical (unpaired) electrons. The van der Waals surface area contributed by atoms with Crippen LogP contribution in [0.3, 0.4) is 0 Å². The fourth-order valence-corrected chi connectivity index (χ4v) is 4.29. The van der Waals surface area contributed by atoms with E-state index in [-0.39, 0.29) is 22.6 Å². The molecule has 4 aromatic carbocycles. The molecule has 0 fully saturated rings. The van der Waals surface area contributed by atoms with Gasteiger partial charge in [-0.05, 0) is 55.5 Å². The van der Waals surface area contributed by atoms with Gasteiger partial charge in [0.25, 0.3) is 11.2 Å². The van der Waals surface area contributed by atoms with Gasteiger partial charge in [0.1, 0.15) is 5.75 Å². The van der Waals surface area contributed by atoms with Crippen LogP contribution in [0.5, 0.6) is 5.75 Å². The number of para-hydroxylation sites is 1. The normalized spacial score (nSPS) is 11.1. The summed E-state index contributed by atoms with van der Waals surface area (Å²) in [7, 11) is 0. The van der Waals surface area contributed by atoms with E-state index < -0.39 is 10.9 Å². The number of aryl methyl sites for hydroxylation is 1. The molecule has 0 saturated carbocycles. The zero-order valence-corrected chi connectivity index (χ0v) is 22.0. The van der Waals surface area contributed by atoms with Crippen molar-refractivity contribution in [3.63, 3.8) is 0 Å². The topological polar surface area (TPSA) is 117 Å². The number of rotatable bonds is 6. The number of nitro groups is 1. The smallest absolute Gasteiger partial charge is 0.343 e. The first-order chi connectivity index (χ1) is 18.8. The van der Waals surface area contributed by atoms with Crippen molar-refractivity contribution in [3.05, 3.63) is 133 Å². The summed E-state index contributed by atoms with van der Waals surface area (Å²) in [6.07, 6.45) is 1.42. The maximum atomic E-state index is 13.5. The van der Waals surface area contributed by atoms with E-state index in [0.717, 1.165) is 5.56 Å². The van der Waals surface area contributed by atoms with Crippen LogP contribution in [0.15, 0.2) is 105 Å². The molecule has 0 bridgehead atoms. The summed E-state index contributed by atoms with van der Waals surface area (Å²) in [5, 5.41) is 15.8. The van der Waals surface area contributed by atoms with Crippen molar-refractivity contribution in [1.82, 2.24) is 9.66 Å². The molecule has 0 aliphatic carbocycles. The molecule has 0 spiro atoms. The van der Waals surface area contributed by atoms with Gasteiger partial charge < -0.3 is 4.74 Å². The molecule has 0 N–H and O–H groups in total. The third kappa shape index (κ3) is 5.51. The minimum atomic E-state index is -0.702. The fraction of sp³-hybridized carbons (Fsp3) is 0.0345. The highest BCUT2D eigenvalue weighted by molar-refractivity contribution is 9.10. The summed E-state index contributed by atoms with van der Waals surface area (Å²) >= 11 is 3.41. The summed E-state index contributed by atoms with van der Waals surface area (Å²) in [6, 6.07) is 24.7. The van der Waals surface area contributed by atoms with E-state index in [9.17, 15) is 19.7 Å². The SMILES string of the molecule is Cc1cccc(-c2nc3ccccc3c(=O)n2N=Cc2cc(Br)ccc2OC(=O)c2ccc([N+](=O)[O-])cc2)c1. The predicted molar refractivity (Wildman–Crippen MR) is 151 cm³/mol. The van der Waals surface area contributed by atoms with Crippen LogP contribution in [0, 0.1) is 17.0 Å². The van der Waals surface area contributed by atoms with E-state index in [2.05, 4.69) is 21.0 Å². The number of nitrogens with zero attached hydrogens (tertiary/aromatic N) is 4. The van der Waals surface area contributed by atoms with Gasteiger partial charge in [0.05, 0.1) is 27.6 Å². The van der Waals surface area contributed by atoms with Crippen molar-refractivity contribution in [2.24, 2.45) is 5.10 Å². The van der Waals surface area contributed by atoms with Crippen LogP contribution in [0.2, 0.25) is 0 Å². The van der Waals surface area contributed by atoms with Gasteiger partial charge in [-0.1, -0.05) is 51.8 Å². The molecule has 0 amide bonds. The quantitative estimate of drug-likeness (QED) is 0.0779. The van der Waals surface area contributed by atoms with E-state index in [1.165, 1.54) is 35.2 Å². The highest BCUT2D eigenvalue weighted by Crippen LogP contribution is 2.25. The van der Waals surface area contributed by atoms with Gasteiger partial charge in [0.15, 0.2) is 5.82 Å². The lowest BCUT2D eigenvalue weighted by Crippen LogP contribution is -2.20. The number of nitro benzene ring substituents is 1. The molecular weight excluding hydrogens is 564 g/mol. The lowest BCUT2D eigenvalue weighted by Gasteiger charge is -2.11. The maximum absolute atomic E-state index is 13.5. The number of carbonyl (C=O) groups is 1. The largest absolute Gasteiger partial charge is 0.422 e. The number of halogens is 1. The number of hydrogen-bond donors (Lipinski definition) is 0. The van der Waals surface area contributed by atoms with Crippen molar-refractivity contribution in [1.29, 1.82) is 0 Å². The minimum Gasteiger partial charge on any atom is -0.422 e. The summed E-state index contributed by atoms with van der Waals surface area (Å²) in [5.41, 5.74) is 2.32. The number of esters is 1. The van der Waals surface area contributed by atoms with Crippen LogP contribution in [0.1, 0.15) is 21.5 Å². The Morgan fingerprint density at radius 3 is 2.54 bits per heavy atom. The van der Waals surface area contributed by atoms with Crippen LogP contribution in [-0.4, -0.2) is 26.8 Å². The van der Waals surface area contributed by atoms with Gasteiger partial charge in [0, 0.05) is 27.7 Å². The second kappa shape index (κ2) is 10.8. The molecule has 0 unspecified atom stereocenters. The average molecular weight is 583 g/mol. The first kappa shape index (κ1) is 25.7. The van der Waals surface area contributed by atoms with Crippen molar-refractivity contribution >= 4 is 44.7 Å². The number of non-ortho nitro benzene ring substituents is 1. The maximum Gasteiger partial charge on any atom is 0.343 e. The van der Waals surface area contributed by atoms with Crippen LogP contribution >= 0.6 is 15.9 Å². The Balaban J connectivity index is 1.56. The molecule has 1 heterocycles. The fourth-order valence-electron chi connectivity index (χ4n) is 3.91.